The fourth-order valence-corrected chi connectivity index (χ4v) is 8.07. The fourth-order valence-electron chi connectivity index (χ4n) is 7.33. The first kappa shape index (κ1) is 35.1. The van der Waals surface area contributed by atoms with E-state index in [-0.39, 0.29) is 43.8 Å². The van der Waals surface area contributed by atoms with Crippen molar-refractivity contribution in [1.29, 1.82) is 0 Å². The molecule has 3 amide bonds. The first-order valence-electron chi connectivity index (χ1n) is 16.9. The zero-order valence-corrected chi connectivity index (χ0v) is 29.1. The number of fused-ring (bicyclic) bond motifs is 2. The maximum Gasteiger partial charge on any atom is 0.313 e. The van der Waals surface area contributed by atoms with Crippen molar-refractivity contribution in [3.63, 3.8) is 0 Å². The number of aliphatic hydroxyl groups excluding tert-OH is 1. The van der Waals surface area contributed by atoms with Gasteiger partial charge in [0.25, 0.3) is 5.91 Å². The van der Waals surface area contributed by atoms with Gasteiger partial charge in [-0.25, -0.2) is 0 Å². The molecule has 4 heterocycles. The minimum Gasteiger partial charge on any atom is -0.460 e. The molecule has 2 saturated heterocycles. The Morgan fingerprint density at radius 2 is 1.74 bits per heavy atom. The smallest absolute Gasteiger partial charge is 0.313 e. The number of hydrogen-bond donors (Lipinski definition) is 2. The quantitative estimate of drug-likeness (QED) is 0.214. The number of esters is 1. The Morgan fingerprint density at radius 3 is 2.45 bits per heavy atom. The largest absolute Gasteiger partial charge is 0.460 e. The van der Waals surface area contributed by atoms with Crippen molar-refractivity contribution in [3.05, 3.63) is 47.0 Å². The number of hydrogen-bond acceptors (Lipinski definition) is 8. The second-order valence-corrected chi connectivity index (χ2v) is 13.6. The Balaban J connectivity index is 1.57. The number of nitrogens with zero attached hydrogens (tertiary/aromatic N) is 3. The van der Waals surface area contributed by atoms with E-state index in [0.29, 0.717) is 36.0 Å². The van der Waals surface area contributed by atoms with Gasteiger partial charge in [-0.15, -0.1) is 0 Å². The number of likely N-dealkylation sites (tertiary alicyclic amines) is 1. The summed E-state index contributed by atoms with van der Waals surface area (Å²) < 4.78 is 13.0. The first-order chi connectivity index (χ1) is 22.7. The van der Waals surface area contributed by atoms with Crippen molar-refractivity contribution in [2.24, 2.45) is 11.8 Å². The summed E-state index contributed by atoms with van der Waals surface area (Å²) in [6.07, 6.45) is 7.80. The summed E-state index contributed by atoms with van der Waals surface area (Å²) in [7, 11) is 0. The molecule has 47 heavy (non-hydrogen) atoms. The van der Waals surface area contributed by atoms with E-state index < -0.39 is 41.7 Å². The molecule has 12 heteroatoms. The predicted molar refractivity (Wildman–Crippen MR) is 182 cm³/mol. The average Bonchev–Trinajstić information content (AvgIpc) is 3.65. The number of aliphatic hydroxyl groups is 1. The van der Waals surface area contributed by atoms with Gasteiger partial charge in [-0.2, -0.15) is 0 Å². The van der Waals surface area contributed by atoms with Gasteiger partial charge >= 0.3 is 5.97 Å². The highest BCUT2D eigenvalue weighted by atomic mass is 79.9. The van der Waals surface area contributed by atoms with Crippen molar-refractivity contribution >= 4 is 51.0 Å². The number of benzene rings is 1. The summed E-state index contributed by atoms with van der Waals surface area (Å²) in [6.45, 7) is 8.36. The van der Waals surface area contributed by atoms with E-state index in [4.69, 9.17) is 9.47 Å². The second-order valence-electron chi connectivity index (χ2n) is 12.7. The summed E-state index contributed by atoms with van der Waals surface area (Å²) in [5.41, 5.74) is 0.348. The molecule has 0 saturated carbocycles. The Hall–Kier alpha value is -3.22. The number of cyclic esters (lactones) is 1. The molecule has 0 unspecified atom stereocenters. The van der Waals surface area contributed by atoms with Crippen LogP contribution in [0, 0.1) is 11.8 Å². The van der Waals surface area contributed by atoms with Crippen molar-refractivity contribution in [3.8, 4) is 0 Å². The van der Waals surface area contributed by atoms with E-state index in [1.807, 2.05) is 42.5 Å². The predicted octanol–water partition coefficient (Wildman–Crippen LogP) is 3.69. The third-order valence-corrected chi connectivity index (χ3v) is 10.4. The van der Waals surface area contributed by atoms with Gasteiger partial charge < -0.3 is 34.6 Å². The van der Waals surface area contributed by atoms with Gasteiger partial charge in [0.15, 0.2) is 0 Å². The lowest BCUT2D eigenvalue weighted by molar-refractivity contribution is -0.158. The first-order valence-corrected chi connectivity index (χ1v) is 17.7. The molecule has 4 aliphatic rings. The van der Waals surface area contributed by atoms with Gasteiger partial charge in [-0.1, -0.05) is 40.9 Å². The summed E-state index contributed by atoms with van der Waals surface area (Å²) in [5.74, 6) is -3.26. The van der Waals surface area contributed by atoms with Crippen molar-refractivity contribution in [1.82, 2.24) is 10.2 Å². The molecule has 256 valence electrons. The third kappa shape index (κ3) is 7.00. The second kappa shape index (κ2) is 15.3. The van der Waals surface area contributed by atoms with Crippen LogP contribution in [0.1, 0.15) is 59.3 Å². The molecule has 0 radical (unpaired) electrons. The molecule has 1 aromatic carbocycles. The highest BCUT2D eigenvalue weighted by Gasteiger charge is 2.74. The van der Waals surface area contributed by atoms with Crippen molar-refractivity contribution < 1.29 is 33.8 Å². The molecule has 11 nitrogen and oxygen atoms in total. The number of halogens is 1. The summed E-state index contributed by atoms with van der Waals surface area (Å²) >= 11 is 3.59. The van der Waals surface area contributed by atoms with Crippen LogP contribution >= 0.6 is 15.9 Å². The minimum absolute atomic E-state index is 0.102. The number of carbonyl (C=O) groups is 4. The zero-order chi connectivity index (χ0) is 33.7. The Kier molecular flexibility index (Phi) is 11.5. The lowest BCUT2D eigenvalue weighted by Gasteiger charge is -2.36. The number of ether oxygens (including phenoxy) is 2. The number of unbranched alkanes of at least 4 members (excludes halogenated alkanes) is 3. The molecular formula is C35H47BrN4O7. The van der Waals surface area contributed by atoms with E-state index in [1.165, 1.54) is 0 Å². The SMILES string of the molecule is CCN(CC)c1ccc(N2C/C=C\CCC(=O)NC[C@H](C)OC(=O)[C@H]3[C@@H]4O[C@@]5(C=C4Br)[C@@H]3C(=O)N(CCCCCCO)[C@@H]5C2=O)cc1. The molecule has 6 atom stereocenters. The molecule has 0 aromatic heterocycles. The molecule has 2 fully saturated rings. The number of carbonyl (C=O) groups excluding carboxylic acids is 4. The monoisotopic (exact) mass is 714 g/mol. The van der Waals surface area contributed by atoms with Crippen LogP contribution in [0.4, 0.5) is 11.4 Å². The highest BCUT2D eigenvalue weighted by molar-refractivity contribution is 9.11. The summed E-state index contributed by atoms with van der Waals surface area (Å²) in [6, 6.07) is 6.81. The van der Waals surface area contributed by atoms with Crippen LogP contribution in [0.25, 0.3) is 0 Å². The van der Waals surface area contributed by atoms with Gasteiger partial charge in [0.2, 0.25) is 11.8 Å². The standard InChI is InChI=1S/C35H47BrN4O7/c1-4-38(5-2)24-14-16-25(17-15-24)39-18-11-8-9-13-27(42)37-22-23(3)46-34(45)28-29-32(43)40(19-10-6-7-12-20-41)31(33(39)44)35(29)21-26(36)30(28)47-35/h8,11,14-17,21,23,28-31,41H,4-7,9-10,12-13,18-20,22H2,1-3H3,(H,37,42)/b11-8-/t23-,28+,29-,30+,31+,35-/m0/s1. The third-order valence-electron chi connectivity index (χ3n) is 9.69. The molecule has 2 N–H and O–H groups in total. The van der Waals surface area contributed by atoms with E-state index >= 15 is 0 Å². The maximum absolute atomic E-state index is 15.0. The van der Waals surface area contributed by atoms with Crippen LogP contribution in [0.2, 0.25) is 0 Å². The fraction of sp³-hybridized carbons (Fsp3) is 0.600. The Labute approximate surface area is 285 Å². The Morgan fingerprint density at radius 1 is 1.02 bits per heavy atom. The lowest BCUT2D eigenvalue weighted by atomic mass is 9.74. The van der Waals surface area contributed by atoms with Gasteiger partial charge in [-0.3, -0.25) is 19.2 Å². The van der Waals surface area contributed by atoms with Crippen molar-refractivity contribution in [2.75, 3.05) is 49.1 Å². The van der Waals surface area contributed by atoms with Crippen LogP contribution in [0.5, 0.6) is 0 Å². The van der Waals surface area contributed by atoms with Crippen LogP contribution in [0.15, 0.2) is 47.0 Å². The Bertz CT molecular complexity index is 1380. The number of amides is 3. The topological polar surface area (TPSA) is 129 Å². The van der Waals surface area contributed by atoms with E-state index in [0.717, 1.165) is 31.6 Å². The van der Waals surface area contributed by atoms with Gasteiger partial charge in [0.1, 0.15) is 29.8 Å². The van der Waals surface area contributed by atoms with Gasteiger partial charge in [0.05, 0.1) is 12.5 Å². The maximum atomic E-state index is 15.0. The van der Waals surface area contributed by atoms with Crippen molar-refractivity contribution in [2.45, 2.75) is 83.1 Å². The van der Waals surface area contributed by atoms with E-state index in [2.05, 4.69) is 40.0 Å². The summed E-state index contributed by atoms with van der Waals surface area (Å²) in [4.78, 5) is 61.1. The number of allylic oxidation sites excluding steroid dienone is 1. The molecule has 1 aromatic rings. The molecular weight excluding hydrogens is 668 g/mol. The van der Waals surface area contributed by atoms with Crippen LogP contribution < -0.4 is 15.1 Å². The zero-order valence-electron chi connectivity index (χ0n) is 27.5. The van der Waals surface area contributed by atoms with E-state index in [9.17, 15) is 24.3 Å². The van der Waals surface area contributed by atoms with Gasteiger partial charge in [-0.05, 0) is 70.4 Å². The van der Waals surface area contributed by atoms with E-state index in [1.54, 1.807) is 16.7 Å². The highest BCUT2D eigenvalue weighted by Crippen LogP contribution is 2.59. The molecule has 5 bridgehead atoms. The minimum atomic E-state index is -1.36. The molecule has 1 spiro atoms. The number of nitrogens with one attached hydrogen (secondary N) is 1. The average molecular weight is 716 g/mol. The summed E-state index contributed by atoms with van der Waals surface area (Å²) in [5, 5.41) is 12.1. The van der Waals surface area contributed by atoms with Crippen LogP contribution in [-0.4, -0.2) is 96.9 Å². The lowest BCUT2D eigenvalue weighted by Crippen LogP contribution is -2.56. The van der Waals surface area contributed by atoms with Crippen LogP contribution in [-0.2, 0) is 28.7 Å². The van der Waals surface area contributed by atoms with Crippen LogP contribution in [0.3, 0.4) is 0 Å². The molecule has 4 aliphatic heterocycles. The normalized spacial score (nSPS) is 30.2. The van der Waals surface area contributed by atoms with Gasteiger partial charge in [0, 0.05) is 55.1 Å². The number of anilines is 2. The molecule has 0 aliphatic carbocycles. The number of rotatable bonds is 10. The molecule has 5 rings (SSSR count).